The summed E-state index contributed by atoms with van der Waals surface area (Å²) in [6.07, 6.45) is 2.16. The molecule has 1 N–H and O–H groups in total. The number of rotatable bonds is 12. The predicted molar refractivity (Wildman–Crippen MR) is 177 cm³/mol. The molecule has 3 aromatic rings. The molecule has 1 aliphatic rings. The Bertz CT molecular complexity index is 1290. The van der Waals surface area contributed by atoms with Crippen LogP contribution in [0.5, 0.6) is 0 Å². The van der Waals surface area contributed by atoms with Gasteiger partial charge in [-0.1, -0.05) is 43.3 Å². The van der Waals surface area contributed by atoms with Crippen LogP contribution in [0.1, 0.15) is 40.7 Å². The summed E-state index contributed by atoms with van der Waals surface area (Å²) in [4.78, 5) is 2.43. The standard InChI is InChI=1S/C27H35N5S6/c1-7-35-24(29(18-34-6)21-14-10-8-11-15-21)23(28-19(2)3)36-32-37-25-26(38-32)31(22-16-12-9-13-17-22)27(33)30(25)20(4)5/h8-17,19-20,28H,7,18H2,1-6H3/b24-23-. The smallest absolute Gasteiger partial charge is 0.186 e. The lowest BCUT2D eigenvalue weighted by Crippen LogP contribution is -2.29. The molecule has 5 nitrogen and oxygen atoms in total. The van der Waals surface area contributed by atoms with Crippen molar-refractivity contribution in [2.24, 2.45) is 0 Å². The number of para-hydroxylation sites is 2. The molecule has 2 heterocycles. The van der Waals surface area contributed by atoms with Crippen LogP contribution in [-0.2, 0) is 0 Å². The molecule has 0 spiro atoms. The topological polar surface area (TPSA) is 28.4 Å². The summed E-state index contributed by atoms with van der Waals surface area (Å²) in [6.45, 7) is 11.0. The van der Waals surface area contributed by atoms with E-state index in [4.69, 9.17) is 12.2 Å². The van der Waals surface area contributed by atoms with Gasteiger partial charge < -0.3 is 14.8 Å². The fourth-order valence-electron chi connectivity index (χ4n) is 3.95. The van der Waals surface area contributed by atoms with E-state index < -0.39 is 0 Å². The quantitative estimate of drug-likeness (QED) is 0.121. The Kier molecular flexibility index (Phi) is 11.0. The number of anilines is 1. The van der Waals surface area contributed by atoms with Crippen molar-refractivity contribution in [3.8, 4) is 5.69 Å². The number of thioether (sulfide) groups is 2. The molecule has 0 radical (unpaired) electrons. The average Bonchev–Trinajstić information content (AvgIpc) is 3.40. The SMILES string of the molecule is CCS/C(=C(/NC(C)C)SN1Sc2c(n(C(C)C)c(=S)n2-c2ccccc2)S1)N(CSC)c1ccccc1. The molecule has 0 bridgehead atoms. The normalized spacial score (nSPS) is 14.2. The predicted octanol–water partition coefficient (Wildman–Crippen LogP) is 9.27. The second-order valence-electron chi connectivity index (χ2n) is 9.07. The average molecular weight is 622 g/mol. The first-order chi connectivity index (χ1) is 18.3. The highest BCUT2D eigenvalue weighted by Gasteiger charge is 2.34. The maximum atomic E-state index is 5.98. The highest BCUT2D eigenvalue weighted by Crippen LogP contribution is 2.54. The minimum Gasteiger partial charge on any atom is -0.374 e. The Morgan fingerprint density at radius 1 is 0.974 bits per heavy atom. The zero-order chi connectivity index (χ0) is 27.2. The first kappa shape index (κ1) is 29.9. The van der Waals surface area contributed by atoms with Crippen molar-refractivity contribution in [2.45, 2.75) is 56.8 Å². The third kappa shape index (κ3) is 6.79. The highest BCUT2D eigenvalue weighted by atomic mass is 32.3. The summed E-state index contributed by atoms with van der Waals surface area (Å²) in [7, 11) is 0. The van der Waals surface area contributed by atoms with E-state index >= 15 is 0 Å². The number of imidazole rings is 1. The van der Waals surface area contributed by atoms with E-state index in [0.717, 1.165) is 27.1 Å². The van der Waals surface area contributed by atoms with Crippen molar-refractivity contribution < 1.29 is 0 Å². The lowest BCUT2D eigenvalue weighted by atomic mass is 10.3. The molecule has 2 aromatic carbocycles. The Labute approximate surface area is 254 Å². The molecule has 0 amide bonds. The minimum absolute atomic E-state index is 0.268. The van der Waals surface area contributed by atoms with Crippen LogP contribution in [0.3, 0.4) is 0 Å². The molecule has 204 valence electrons. The van der Waals surface area contributed by atoms with Gasteiger partial charge in [0.1, 0.15) is 20.1 Å². The van der Waals surface area contributed by atoms with Crippen LogP contribution in [0, 0.1) is 4.77 Å². The van der Waals surface area contributed by atoms with E-state index in [2.05, 4.69) is 118 Å². The molecule has 0 aliphatic carbocycles. The van der Waals surface area contributed by atoms with Gasteiger partial charge >= 0.3 is 0 Å². The molecular weight excluding hydrogens is 587 g/mol. The first-order valence-corrected chi connectivity index (χ1v) is 17.7. The molecule has 0 saturated heterocycles. The summed E-state index contributed by atoms with van der Waals surface area (Å²) in [5.41, 5.74) is 2.30. The van der Waals surface area contributed by atoms with Gasteiger partial charge in [-0.15, -0.1) is 26.6 Å². The van der Waals surface area contributed by atoms with Gasteiger partial charge in [-0.05, 0) is 76.2 Å². The van der Waals surface area contributed by atoms with Crippen LogP contribution in [0.2, 0.25) is 0 Å². The van der Waals surface area contributed by atoms with Gasteiger partial charge in [0, 0.05) is 59.3 Å². The lowest BCUT2D eigenvalue weighted by Gasteiger charge is -2.30. The number of benzene rings is 2. The third-order valence-corrected chi connectivity index (χ3v) is 11.0. The van der Waals surface area contributed by atoms with Gasteiger partial charge in [-0.2, -0.15) is 0 Å². The Morgan fingerprint density at radius 3 is 2.18 bits per heavy atom. The monoisotopic (exact) mass is 621 g/mol. The van der Waals surface area contributed by atoms with Gasteiger partial charge in [-0.3, -0.25) is 4.57 Å². The number of hydrogen-bond acceptors (Lipinski definition) is 9. The van der Waals surface area contributed by atoms with Gasteiger partial charge in [0.25, 0.3) is 0 Å². The number of hydrogen-bond donors (Lipinski definition) is 1. The lowest BCUT2D eigenvalue weighted by molar-refractivity contribution is 0.546. The van der Waals surface area contributed by atoms with Crippen molar-refractivity contribution in [3.63, 3.8) is 0 Å². The maximum absolute atomic E-state index is 5.98. The molecule has 1 aliphatic heterocycles. The highest BCUT2D eigenvalue weighted by molar-refractivity contribution is 8.28. The van der Waals surface area contributed by atoms with Gasteiger partial charge in [0.15, 0.2) is 4.77 Å². The van der Waals surface area contributed by atoms with Crippen LogP contribution >= 0.6 is 71.6 Å². The maximum Gasteiger partial charge on any atom is 0.186 e. The van der Waals surface area contributed by atoms with Crippen molar-refractivity contribution in [3.05, 3.63) is 75.5 Å². The van der Waals surface area contributed by atoms with Crippen LogP contribution in [-0.4, -0.2) is 36.2 Å². The van der Waals surface area contributed by atoms with Crippen LogP contribution in [0.25, 0.3) is 5.69 Å². The van der Waals surface area contributed by atoms with Crippen molar-refractivity contribution in [1.29, 1.82) is 0 Å². The summed E-state index contributed by atoms with van der Waals surface area (Å²) >= 11 is 15.0. The van der Waals surface area contributed by atoms with Gasteiger partial charge in [0.05, 0.1) is 5.88 Å². The molecule has 0 unspecified atom stereocenters. The summed E-state index contributed by atoms with van der Waals surface area (Å²) in [5, 5.41) is 8.56. The molecular formula is C27H35N5S6. The molecule has 4 rings (SSSR count). The number of nitrogens with zero attached hydrogens (tertiary/aromatic N) is 4. The zero-order valence-corrected chi connectivity index (χ0v) is 27.5. The number of aromatic nitrogens is 2. The fraction of sp³-hybridized carbons (Fsp3) is 0.370. The Morgan fingerprint density at radius 2 is 1.61 bits per heavy atom. The molecule has 1 aromatic heterocycles. The molecule has 38 heavy (non-hydrogen) atoms. The number of fused-ring (bicyclic) bond motifs is 1. The second kappa shape index (κ2) is 14.0. The van der Waals surface area contributed by atoms with Crippen molar-refractivity contribution in [1.82, 2.24) is 17.6 Å². The van der Waals surface area contributed by atoms with E-state index in [1.807, 2.05) is 29.6 Å². The van der Waals surface area contributed by atoms with E-state index in [1.165, 1.54) is 20.8 Å². The van der Waals surface area contributed by atoms with Crippen LogP contribution in [0.15, 0.2) is 80.8 Å². The molecule has 0 saturated carbocycles. The van der Waals surface area contributed by atoms with E-state index in [1.54, 1.807) is 35.8 Å². The molecule has 11 heteroatoms. The first-order valence-electron chi connectivity index (χ1n) is 12.6. The largest absolute Gasteiger partial charge is 0.374 e. The summed E-state index contributed by atoms with van der Waals surface area (Å²) in [6, 6.07) is 21.7. The van der Waals surface area contributed by atoms with Crippen molar-refractivity contribution >= 4 is 77.3 Å². The summed E-state index contributed by atoms with van der Waals surface area (Å²) < 4.78 is 7.64. The second-order valence-corrected chi connectivity index (χ2v) is 15.0. The van der Waals surface area contributed by atoms with E-state index in [0.29, 0.717) is 6.04 Å². The fourth-order valence-corrected chi connectivity index (χ4v) is 10.1. The molecule has 0 atom stereocenters. The molecule has 0 fully saturated rings. The zero-order valence-electron chi connectivity index (χ0n) is 22.6. The summed E-state index contributed by atoms with van der Waals surface area (Å²) in [5.74, 6) is 1.87. The van der Waals surface area contributed by atoms with Crippen LogP contribution in [0.4, 0.5) is 5.69 Å². The third-order valence-electron chi connectivity index (χ3n) is 5.49. The Hall–Kier alpha value is -1.08. The van der Waals surface area contributed by atoms with Crippen LogP contribution < -0.4 is 10.2 Å². The number of nitrogens with one attached hydrogen (secondary N) is 1. The van der Waals surface area contributed by atoms with E-state index in [-0.39, 0.29) is 6.04 Å². The minimum atomic E-state index is 0.268. The van der Waals surface area contributed by atoms with Gasteiger partial charge in [0.2, 0.25) is 0 Å². The Balaban J connectivity index is 1.74. The van der Waals surface area contributed by atoms with Crippen molar-refractivity contribution in [2.75, 3.05) is 22.8 Å². The van der Waals surface area contributed by atoms with E-state index in [9.17, 15) is 0 Å². The van der Waals surface area contributed by atoms with Gasteiger partial charge in [-0.25, -0.2) is 0 Å².